The van der Waals surface area contributed by atoms with Gasteiger partial charge in [0.2, 0.25) is 0 Å². The van der Waals surface area contributed by atoms with Gasteiger partial charge >= 0.3 is 0 Å². The molecule has 1 N–H and O–H groups in total. The van der Waals surface area contributed by atoms with Crippen molar-refractivity contribution in [2.45, 2.75) is 0 Å². The van der Waals surface area contributed by atoms with Crippen molar-refractivity contribution in [1.29, 1.82) is 0 Å². The maximum absolute atomic E-state index is 10.4. The van der Waals surface area contributed by atoms with Gasteiger partial charge in [-0.05, 0) is 28.4 Å². The topological polar surface area (TPSA) is 49.7 Å². The molecule has 15 heavy (non-hydrogen) atoms. The zero-order valence-electron chi connectivity index (χ0n) is 7.92. The largest absolute Gasteiger partial charge is 0.506 e. The minimum Gasteiger partial charge on any atom is -0.506 e. The molecule has 74 valence electrons. The summed E-state index contributed by atoms with van der Waals surface area (Å²) in [5.74, 6) is -0.0929. The number of nitrogens with zero attached hydrogens (tertiary/aromatic N) is 1. The number of benzene rings is 2. The van der Waals surface area contributed by atoms with Gasteiger partial charge in [-0.2, -0.15) is 0 Å². The molecule has 3 heteroatoms. The quantitative estimate of drug-likeness (QED) is 0.753. The Morgan fingerprint density at radius 1 is 0.933 bits per heavy atom. The lowest BCUT2D eigenvalue weighted by atomic mass is 10.1. The van der Waals surface area contributed by atoms with Crippen LogP contribution in [0.2, 0.25) is 0 Å². The maximum Gasteiger partial charge on any atom is 0.150 e. The van der Waals surface area contributed by atoms with Gasteiger partial charge in [0, 0.05) is 0 Å². The van der Waals surface area contributed by atoms with Crippen LogP contribution >= 0.6 is 0 Å². The first kappa shape index (κ1) is 9.40. The molecule has 0 saturated carbocycles. The summed E-state index contributed by atoms with van der Waals surface area (Å²) in [7, 11) is 0. The summed E-state index contributed by atoms with van der Waals surface area (Å²) in [4.78, 5) is 10.4. The normalized spacial score (nSPS) is 9.87. The van der Waals surface area contributed by atoms with Crippen LogP contribution < -0.4 is 0 Å². The molecule has 0 aliphatic carbocycles. The molecule has 0 aliphatic heterocycles. The Bertz CT molecular complexity index is 480. The molecule has 0 fully saturated rings. The third-order valence-corrected chi connectivity index (χ3v) is 2.18. The van der Waals surface area contributed by atoms with E-state index in [4.69, 9.17) is 0 Å². The van der Waals surface area contributed by atoms with E-state index >= 15 is 0 Å². The fraction of sp³-hybridized carbons (Fsp3) is 0. The van der Waals surface area contributed by atoms with Gasteiger partial charge < -0.3 is 5.11 Å². The Morgan fingerprint density at radius 3 is 2.33 bits per heavy atom. The van der Waals surface area contributed by atoms with E-state index in [0.29, 0.717) is 0 Å². The Hall–Kier alpha value is -2.16. The van der Waals surface area contributed by atoms with Crippen LogP contribution in [0, 0.1) is 4.91 Å². The molecule has 2 rings (SSSR count). The molecule has 0 saturated heterocycles. The molecule has 0 radical (unpaired) electrons. The highest BCUT2D eigenvalue weighted by Gasteiger charge is 2.03. The van der Waals surface area contributed by atoms with E-state index < -0.39 is 0 Å². The van der Waals surface area contributed by atoms with Crippen molar-refractivity contribution in [3.05, 3.63) is 53.4 Å². The van der Waals surface area contributed by atoms with Crippen molar-refractivity contribution in [1.82, 2.24) is 0 Å². The zero-order valence-corrected chi connectivity index (χ0v) is 7.92. The fourth-order valence-corrected chi connectivity index (χ4v) is 1.41. The van der Waals surface area contributed by atoms with Gasteiger partial charge in [-0.25, -0.2) is 0 Å². The lowest BCUT2D eigenvalue weighted by molar-refractivity contribution is 0.477. The number of hydrogen-bond acceptors (Lipinski definition) is 3. The first-order chi connectivity index (χ1) is 7.31. The second-order valence-electron chi connectivity index (χ2n) is 3.16. The molecule has 2 aromatic rings. The first-order valence-electron chi connectivity index (χ1n) is 4.53. The third-order valence-electron chi connectivity index (χ3n) is 2.18. The molecule has 3 nitrogen and oxygen atoms in total. The summed E-state index contributed by atoms with van der Waals surface area (Å²) in [6.45, 7) is 0. The van der Waals surface area contributed by atoms with Crippen LogP contribution in [0.5, 0.6) is 5.75 Å². The van der Waals surface area contributed by atoms with E-state index in [9.17, 15) is 10.0 Å². The third kappa shape index (κ3) is 1.86. The summed E-state index contributed by atoms with van der Waals surface area (Å²) >= 11 is 0. The highest BCUT2D eigenvalue weighted by Crippen LogP contribution is 2.31. The summed E-state index contributed by atoms with van der Waals surface area (Å²) in [5, 5.41) is 12.0. The SMILES string of the molecule is O=Nc1cc(-c2ccccc2)ccc1O. The number of hydrogen-bond donors (Lipinski definition) is 1. The summed E-state index contributed by atoms with van der Waals surface area (Å²) in [6, 6.07) is 14.4. The Kier molecular flexibility index (Phi) is 2.46. The van der Waals surface area contributed by atoms with Crippen molar-refractivity contribution in [3.63, 3.8) is 0 Å². The predicted octanol–water partition coefficient (Wildman–Crippen LogP) is 3.46. The molecule has 0 unspecified atom stereocenters. The Balaban J connectivity index is 2.51. The van der Waals surface area contributed by atoms with Gasteiger partial charge in [0.1, 0.15) is 11.4 Å². The van der Waals surface area contributed by atoms with Crippen molar-refractivity contribution in [2.75, 3.05) is 0 Å². The minimum atomic E-state index is -0.0929. The molecule has 0 amide bonds. The number of rotatable bonds is 2. The predicted molar refractivity (Wildman–Crippen MR) is 59.0 cm³/mol. The molecular weight excluding hydrogens is 190 g/mol. The second-order valence-corrected chi connectivity index (χ2v) is 3.16. The molecule has 0 aromatic heterocycles. The van der Waals surface area contributed by atoms with E-state index in [1.54, 1.807) is 12.1 Å². The standard InChI is InChI=1S/C12H9NO2/c14-12-7-6-10(8-11(12)13-15)9-4-2-1-3-5-9/h1-8,14H. The van der Waals surface area contributed by atoms with Crippen LogP contribution in [0.1, 0.15) is 0 Å². The van der Waals surface area contributed by atoms with Crippen LogP contribution in [-0.4, -0.2) is 5.11 Å². The number of phenols is 1. The second kappa shape index (κ2) is 3.92. The number of phenolic OH excluding ortho intramolecular Hbond substituents is 1. The van der Waals surface area contributed by atoms with Crippen molar-refractivity contribution >= 4 is 5.69 Å². The van der Waals surface area contributed by atoms with E-state index in [2.05, 4.69) is 5.18 Å². The van der Waals surface area contributed by atoms with Crippen LogP contribution in [-0.2, 0) is 0 Å². The average Bonchev–Trinajstić information content (AvgIpc) is 2.31. The van der Waals surface area contributed by atoms with Crippen molar-refractivity contribution < 1.29 is 5.11 Å². The smallest absolute Gasteiger partial charge is 0.150 e. The van der Waals surface area contributed by atoms with Gasteiger partial charge in [0.05, 0.1) is 0 Å². The molecule has 0 spiro atoms. The summed E-state index contributed by atoms with van der Waals surface area (Å²) < 4.78 is 0. The molecule has 0 atom stereocenters. The Morgan fingerprint density at radius 2 is 1.67 bits per heavy atom. The summed E-state index contributed by atoms with van der Waals surface area (Å²) in [5.41, 5.74) is 1.92. The van der Waals surface area contributed by atoms with Crippen LogP contribution in [0.4, 0.5) is 5.69 Å². The lowest BCUT2D eigenvalue weighted by Crippen LogP contribution is -1.76. The van der Waals surface area contributed by atoms with Crippen LogP contribution in [0.15, 0.2) is 53.7 Å². The number of nitroso groups, excluding NO2 is 1. The van der Waals surface area contributed by atoms with E-state index in [0.717, 1.165) is 11.1 Å². The fourth-order valence-electron chi connectivity index (χ4n) is 1.41. The highest BCUT2D eigenvalue weighted by molar-refractivity contribution is 5.69. The highest BCUT2D eigenvalue weighted by atomic mass is 16.3. The zero-order chi connectivity index (χ0) is 10.7. The molecular formula is C12H9NO2. The van der Waals surface area contributed by atoms with Gasteiger partial charge in [0.25, 0.3) is 0 Å². The molecule has 0 bridgehead atoms. The minimum absolute atomic E-state index is 0.0661. The van der Waals surface area contributed by atoms with E-state index in [1.807, 2.05) is 30.3 Å². The van der Waals surface area contributed by atoms with Crippen LogP contribution in [0.25, 0.3) is 11.1 Å². The monoisotopic (exact) mass is 199 g/mol. The van der Waals surface area contributed by atoms with E-state index in [1.165, 1.54) is 6.07 Å². The van der Waals surface area contributed by atoms with Gasteiger partial charge in [-0.3, -0.25) is 0 Å². The van der Waals surface area contributed by atoms with Crippen molar-refractivity contribution in [3.8, 4) is 16.9 Å². The van der Waals surface area contributed by atoms with Gasteiger partial charge in [-0.15, -0.1) is 4.91 Å². The molecule has 0 aliphatic rings. The summed E-state index contributed by atoms with van der Waals surface area (Å²) in [6.07, 6.45) is 0. The number of aromatic hydroxyl groups is 1. The Labute approximate surface area is 87.0 Å². The van der Waals surface area contributed by atoms with Gasteiger partial charge in [0.15, 0.2) is 0 Å². The van der Waals surface area contributed by atoms with E-state index in [-0.39, 0.29) is 11.4 Å². The molecule has 2 aromatic carbocycles. The lowest BCUT2D eigenvalue weighted by Gasteiger charge is -2.02. The van der Waals surface area contributed by atoms with Crippen LogP contribution in [0.3, 0.4) is 0 Å². The van der Waals surface area contributed by atoms with Crippen molar-refractivity contribution in [2.24, 2.45) is 5.18 Å². The van der Waals surface area contributed by atoms with Gasteiger partial charge in [-0.1, -0.05) is 36.4 Å². The molecule has 0 heterocycles. The first-order valence-corrected chi connectivity index (χ1v) is 4.53. The average molecular weight is 199 g/mol. The maximum atomic E-state index is 10.4.